The molecular weight excluding hydrogens is 218 g/mol. The highest BCUT2D eigenvalue weighted by atomic mass is 14.8. The number of nitrogens with zero attached hydrogens (tertiary/aromatic N) is 1. The summed E-state index contributed by atoms with van der Waals surface area (Å²) in [6.07, 6.45) is 4.24. The zero-order chi connectivity index (χ0) is 12.4. The summed E-state index contributed by atoms with van der Waals surface area (Å²) in [5, 5.41) is 0. The summed E-state index contributed by atoms with van der Waals surface area (Å²) in [6.45, 7) is 2.04. The van der Waals surface area contributed by atoms with Gasteiger partial charge in [0.25, 0.3) is 0 Å². The van der Waals surface area contributed by atoms with E-state index >= 15 is 0 Å². The highest BCUT2D eigenvalue weighted by molar-refractivity contribution is 5.95. The number of hydrogen-bond acceptors (Lipinski definition) is 1. The van der Waals surface area contributed by atoms with Gasteiger partial charge in [0.05, 0.1) is 6.04 Å². The van der Waals surface area contributed by atoms with Crippen LogP contribution in [0.3, 0.4) is 0 Å². The first-order valence-electron chi connectivity index (χ1n) is 6.21. The molecule has 1 unspecified atom stereocenters. The molecule has 0 aromatic heterocycles. The summed E-state index contributed by atoms with van der Waals surface area (Å²) in [5.74, 6) is 0. The zero-order valence-corrected chi connectivity index (χ0v) is 10.4. The minimum absolute atomic E-state index is 0.189. The summed E-state index contributed by atoms with van der Waals surface area (Å²) < 4.78 is 0. The lowest BCUT2D eigenvalue weighted by Gasteiger charge is -2.08. The smallest absolute Gasteiger partial charge is 0.0937 e. The van der Waals surface area contributed by atoms with Crippen LogP contribution in [0.15, 0.2) is 71.7 Å². The molecule has 18 heavy (non-hydrogen) atoms. The lowest BCUT2D eigenvalue weighted by molar-refractivity contribution is 0.932. The van der Waals surface area contributed by atoms with Gasteiger partial charge in [-0.25, -0.2) is 0 Å². The van der Waals surface area contributed by atoms with Crippen molar-refractivity contribution < 1.29 is 0 Å². The van der Waals surface area contributed by atoms with Crippen molar-refractivity contribution in [3.05, 3.63) is 72.3 Å². The van der Waals surface area contributed by atoms with Crippen LogP contribution in [-0.4, -0.2) is 5.71 Å². The predicted octanol–water partition coefficient (Wildman–Crippen LogP) is 4.43. The van der Waals surface area contributed by atoms with Gasteiger partial charge in [-0.2, -0.15) is 0 Å². The molecule has 1 aliphatic heterocycles. The molecule has 0 fully saturated rings. The van der Waals surface area contributed by atoms with Crippen LogP contribution in [0.1, 0.15) is 18.5 Å². The van der Waals surface area contributed by atoms with Gasteiger partial charge >= 0.3 is 0 Å². The fourth-order valence-corrected chi connectivity index (χ4v) is 2.25. The van der Waals surface area contributed by atoms with Gasteiger partial charge in [0.15, 0.2) is 0 Å². The summed E-state index contributed by atoms with van der Waals surface area (Å²) in [7, 11) is 0. The largest absolute Gasteiger partial charge is 0.278 e. The Labute approximate surface area is 108 Å². The van der Waals surface area contributed by atoms with Gasteiger partial charge in [0, 0.05) is 5.71 Å². The van der Waals surface area contributed by atoms with E-state index in [2.05, 4.69) is 65.7 Å². The van der Waals surface area contributed by atoms with Gasteiger partial charge in [0.2, 0.25) is 0 Å². The summed E-state index contributed by atoms with van der Waals surface area (Å²) in [6, 6.07) is 19.3. The van der Waals surface area contributed by atoms with Crippen molar-refractivity contribution in [3.8, 4) is 11.1 Å². The predicted molar refractivity (Wildman–Crippen MR) is 76.9 cm³/mol. The van der Waals surface area contributed by atoms with Crippen molar-refractivity contribution in [1.29, 1.82) is 0 Å². The quantitative estimate of drug-likeness (QED) is 0.727. The number of allylic oxidation sites excluding steroid dienone is 1. The Morgan fingerprint density at radius 1 is 0.889 bits per heavy atom. The molecule has 1 nitrogen and oxygen atoms in total. The lowest BCUT2D eigenvalue weighted by Crippen LogP contribution is -1.90. The van der Waals surface area contributed by atoms with Crippen molar-refractivity contribution in [1.82, 2.24) is 0 Å². The SMILES string of the molecule is CC1=NC(c2cccc(-c3ccccc3)c2)C=C1. The highest BCUT2D eigenvalue weighted by Crippen LogP contribution is 2.27. The van der Waals surface area contributed by atoms with Gasteiger partial charge in [-0.15, -0.1) is 0 Å². The molecule has 2 aromatic rings. The summed E-state index contributed by atoms with van der Waals surface area (Å²) in [5.41, 5.74) is 4.86. The van der Waals surface area contributed by atoms with Gasteiger partial charge in [-0.1, -0.05) is 54.6 Å². The molecule has 1 heterocycles. The first-order chi connectivity index (χ1) is 8.83. The Morgan fingerprint density at radius 2 is 1.67 bits per heavy atom. The standard InChI is InChI=1S/C17H15N/c1-13-10-11-17(18-13)16-9-5-8-15(12-16)14-6-3-2-4-7-14/h2-12,17H,1H3. The summed E-state index contributed by atoms with van der Waals surface area (Å²) in [4.78, 5) is 4.60. The first-order valence-corrected chi connectivity index (χ1v) is 6.21. The van der Waals surface area contributed by atoms with E-state index in [1.54, 1.807) is 0 Å². The van der Waals surface area contributed by atoms with E-state index in [1.165, 1.54) is 16.7 Å². The Balaban J connectivity index is 1.98. The number of aliphatic imine (C=N–C) groups is 1. The molecule has 0 N–H and O–H groups in total. The molecule has 0 saturated heterocycles. The second kappa shape index (κ2) is 4.61. The van der Waals surface area contributed by atoms with Gasteiger partial charge in [-0.3, -0.25) is 4.99 Å². The van der Waals surface area contributed by atoms with Crippen LogP contribution in [0.2, 0.25) is 0 Å². The van der Waals surface area contributed by atoms with Gasteiger partial charge in [-0.05, 0) is 35.8 Å². The molecule has 3 rings (SSSR count). The van der Waals surface area contributed by atoms with Crippen LogP contribution < -0.4 is 0 Å². The first kappa shape index (κ1) is 11.0. The van der Waals surface area contributed by atoms with Crippen molar-refractivity contribution in [3.63, 3.8) is 0 Å². The monoisotopic (exact) mass is 233 g/mol. The van der Waals surface area contributed by atoms with E-state index < -0.39 is 0 Å². The third-order valence-corrected chi connectivity index (χ3v) is 3.20. The molecular formula is C17H15N. The number of hydrogen-bond donors (Lipinski definition) is 0. The third-order valence-electron chi connectivity index (χ3n) is 3.20. The number of benzene rings is 2. The molecule has 0 amide bonds. The fraction of sp³-hybridized carbons (Fsp3) is 0.118. The minimum Gasteiger partial charge on any atom is -0.278 e. The van der Waals surface area contributed by atoms with E-state index in [9.17, 15) is 0 Å². The average Bonchev–Trinajstić information content (AvgIpc) is 2.87. The van der Waals surface area contributed by atoms with E-state index in [0.29, 0.717) is 0 Å². The molecule has 1 atom stereocenters. The van der Waals surface area contributed by atoms with E-state index in [0.717, 1.165) is 5.71 Å². The Hall–Kier alpha value is -2.15. The van der Waals surface area contributed by atoms with Crippen molar-refractivity contribution in [2.75, 3.05) is 0 Å². The van der Waals surface area contributed by atoms with Crippen molar-refractivity contribution >= 4 is 5.71 Å². The second-order valence-electron chi connectivity index (χ2n) is 4.57. The Kier molecular flexibility index (Phi) is 2.81. The maximum absolute atomic E-state index is 4.60. The van der Waals surface area contributed by atoms with Crippen LogP contribution in [0.5, 0.6) is 0 Å². The molecule has 0 bridgehead atoms. The summed E-state index contributed by atoms with van der Waals surface area (Å²) >= 11 is 0. The molecule has 0 aliphatic carbocycles. The van der Waals surface area contributed by atoms with Crippen molar-refractivity contribution in [2.24, 2.45) is 4.99 Å². The molecule has 0 spiro atoms. The Bertz CT molecular complexity index is 609. The Morgan fingerprint density at radius 3 is 2.39 bits per heavy atom. The van der Waals surface area contributed by atoms with E-state index in [4.69, 9.17) is 0 Å². The van der Waals surface area contributed by atoms with Gasteiger partial charge in [0.1, 0.15) is 0 Å². The van der Waals surface area contributed by atoms with Crippen LogP contribution in [0.4, 0.5) is 0 Å². The molecule has 0 radical (unpaired) electrons. The average molecular weight is 233 g/mol. The normalized spacial score (nSPS) is 17.8. The van der Waals surface area contributed by atoms with Gasteiger partial charge < -0.3 is 0 Å². The zero-order valence-electron chi connectivity index (χ0n) is 10.4. The van der Waals surface area contributed by atoms with Crippen LogP contribution in [0.25, 0.3) is 11.1 Å². The topological polar surface area (TPSA) is 12.4 Å². The molecule has 2 aromatic carbocycles. The minimum atomic E-state index is 0.189. The molecule has 0 saturated carbocycles. The molecule has 1 aliphatic rings. The molecule has 88 valence electrons. The maximum Gasteiger partial charge on any atom is 0.0937 e. The highest BCUT2D eigenvalue weighted by Gasteiger charge is 2.11. The maximum atomic E-state index is 4.60. The van der Waals surface area contributed by atoms with Crippen LogP contribution in [0, 0.1) is 0 Å². The fourth-order valence-electron chi connectivity index (χ4n) is 2.25. The number of rotatable bonds is 2. The van der Waals surface area contributed by atoms with E-state index in [-0.39, 0.29) is 6.04 Å². The second-order valence-corrected chi connectivity index (χ2v) is 4.57. The molecule has 1 heteroatoms. The lowest BCUT2D eigenvalue weighted by atomic mass is 10.00. The van der Waals surface area contributed by atoms with Crippen LogP contribution >= 0.6 is 0 Å². The third kappa shape index (κ3) is 2.12. The van der Waals surface area contributed by atoms with E-state index in [1.807, 2.05) is 13.0 Å². The van der Waals surface area contributed by atoms with Crippen LogP contribution in [-0.2, 0) is 0 Å². The van der Waals surface area contributed by atoms with Crippen molar-refractivity contribution in [2.45, 2.75) is 13.0 Å².